The summed E-state index contributed by atoms with van der Waals surface area (Å²) in [5.41, 5.74) is 0.935. The molecule has 0 atom stereocenters. The van der Waals surface area contributed by atoms with E-state index >= 15 is 0 Å². The van der Waals surface area contributed by atoms with E-state index in [1.807, 2.05) is 0 Å². The number of benzene rings is 3. The molecule has 4 rings (SSSR count). The highest BCUT2D eigenvalue weighted by atomic mass is 35.5. The Morgan fingerprint density at radius 2 is 1.55 bits per heavy atom. The van der Waals surface area contributed by atoms with E-state index in [-0.39, 0.29) is 27.3 Å². The number of imide groups is 1. The third-order valence-electron chi connectivity index (χ3n) is 4.70. The van der Waals surface area contributed by atoms with Gasteiger partial charge in [0.15, 0.2) is 6.61 Å². The molecule has 8 heteroatoms. The van der Waals surface area contributed by atoms with E-state index in [1.165, 1.54) is 36.4 Å². The van der Waals surface area contributed by atoms with Gasteiger partial charge in [-0.05, 0) is 48.5 Å². The lowest BCUT2D eigenvalue weighted by atomic mass is 10.1. The maximum Gasteiger partial charge on any atom is 0.338 e. The summed E-state index contributed by atoms with van der Waals surface area (Å²) in [6.45, 7) is -0.541. The third-order valence-corrected chi connectivity index (χ3v) is 5.25. The van der Waals surface area contributed by atoms with Crippen LogP contribution in [0.2, 0.25) is 10.0 Å². The van der Waals surface area contributed by atoms with Crippen LogP contribution in [0, 0.1) is 0 Å². The quantitative estimate of drug-likeness (QED) is 0.313. The molecule has 0 spiro atoms. The number of hydrogen-bond donors (Lipinski definition) is 0. The fraction of sp³-hybridized carbons (Fsp3) is 0.0435. The van der Waals surface area contributed by atoms with Gasteiger partial charge in [-0.2, -0.15) is 0 Å². The van der Waals surface area contributed by atoms with Crippen LogP contribution in [-0.2, 0) is 4.74 Å². The second-order valence-electron chi connectivity index (χ2n) is 6.67. The Labute approximate surface area is 186 Å². The molecule has 2 amide bonds. The highest BCUT2D eigenvalue weighted by Gasteiger charge is 2.37. The minimum absolute atomic E-state index is 0.0461. The minimum Gasteiger partial charge on any atom is -0.454 e. The van der Waals surface area contributed by atoms with Crippen LogP contribution in [0.25, 0.3) is 0 Å². The summed E-state index contributed by atoms with van der Waals surface area (Å²) in [5.74, 6) is -2.32. The summed E-state index contributed by atoms with van der Waals surface area (Å²) in [6.07, 6.45) is 0. The fourth-order valence-corrected chi connectivity index (χ4v) is 3.70. The second-order valence-corrected chi connectivity index (χ2v) is 7.51. The number of amides is 2. The molecular formula is C23H13Cl2NO5. The number of hydrogen-bond acceptors (Lipinski definition) is 5. The van der Waals surface area contributed by atoms with Crippen molar-refractivity contribution in [2.24, 2.45) is 0 Å². The van der Waals surface area contributed by atoms with E-state index in [4.69, 9.17) is 27.9 Å². The van der Waals surface area contributed by atoms with Crippen LogP contribution in [0.1, 0.15) is 41.4 Å². The molecule has 0 bridgehead atoms. The maximum atomic E-state index is 12.8. The van der Waals surface area contributed by atoms with E-state index in [0.29, 0.717) is 10.7 Å². The van der Waals surface area contributed by atoms with Crippen LogP contribution in [0.15, 0.2) is 66.7 Å². The fourth-order valence-electron chi connectivity index (χ4n) is 3.19. The van der Waals surface area contributed by atoms with E-state index in [0.717, 1.165) is 4.90 Å². The molecule has 0 fully saturated rings. The predicted octanol–water partition coefficient (Wildman–Crippen LogP) is 4.83. The smallest absolute Gasteiger partial charge is 0.338 e. The van der Waals surface area contributed by atoms with E-state index in [1.54, 1.807) is 30.3 Å². The number of carbonyl (C=O) groups excluding carboxylic acids is 4. The van der Waals surface area contributed by atoms with Crippen molar-refractivity contribution in [1.29, 1.82) is 0 Å². The number of anilines is 1. The zero-order chi connectivity index (χ0) is 22.1. The monoisotopic (exact) mass is 453 g/mol. The average Bonchev–Trinajstić information content (AvgIpc) is 3.02. The summed E-state index contributed by atoms with van der Waals surface area (Å²) < 4.78 is 5.07. The van der Waals surface area contributed by atoms with Crippen molar-refractivity contribution in [1.82, 2.24) is 0 Å². The summed E-state index contributed by atoms with van der Waals surface area (Å²) >= 11 is 11.8. The summed E-state index contributed by atoms with van der Waals surface area (Å²) in [4.78, 5) is 51.2. The molecule has 3 aromatic rings. The Morgan fingerprint density at radius 1 is 0.839 bits per heavy atom. The topological polar surface area (TPSA) is 80.8 Å². The molecular weight excluding hydrogens is 441 g/mol. The number of nitrogens with zero attached hydrogens (tertiary/aromatic N) is 1. The SMILES string of the molecule is O=C(OCC(=O)c1ccc(Cl)cc1Cl)c1ccc2c(c1)C(=O)N(c1ccccc1)C2=O. The second kappa shape index (κ2) is 8.34. The van der Waals surface area contributed by atoms with Crippen molar-refractivity contribution in [3.63, 3.8) is 0 Å². The van der Waals surface area contributed by atoms with Gasteiger partial charge >= 0.3 is 5.97 Å². The van der Waals surface area contributed by atoms with Gasteiger partial charge < -0.3 is 4.74 Å². The number of fused-ring (bicyclic) bond motifs is 1. The molecule has 154 valence electrons. The molecule has 0 saturated heterocycles. The van der Waals surface area contributed by atoms with Crippen LogP contribution in [0.5, 0.6) is 0 Å². The largest absolute Gasteiger partial charge is 0.454 e. The summed E-state index contributed by atoms with van der Waals surface area (Å²) in [5, 5.41) is 0.525. The third kappa shape index (κ3) is 3.95. The molecule has 1 aliphatic rings. The van der Waals surface area contributed by atoms with Crippen LogP contribution in [0.4, 0.5) is 5.69 Å². The Bertz CT molecular complexity index is 1240. The molecule has 0 radical (unpaired) electrons. The van der Waals surface area contributed by atoms with Crippen molar-refractivity contribution in [3.8, 4) is 0 Å². The first-order chi connectivity index (χ1) is 14.9. The molecule has 1 heterocycles. The number of Topliss-reactive ketones (excluding diaryl/α,β-unsaturated/α-hetero) is 1. The Morgan fingerprint density at radius 3 is 2.26 bits per heavy atom. The van der Waals surface area contributed by atoms with Crippen molar-refractivity contribution in [2.45, 2.75) is 0 Å². The molecule has 0 unspecified atom stereocenters. The Kier molecular flexibility index (Phi) is 5.59. The van der Waals surface area contributed by atoms with Gasteiger partial charge in [-0.15, -0.1) is 0 Å². The van der Waals surface area contributed by atoms with Crippen molar-refractivity contribution < 1.29 is 23.9 Å². The molecule has 3 aromatic carbocycles. The zero-order valence-electron chi connectivity index (χ0n) is 15.8. The standard InChI is InChI=1S/C23H13Cl2NO5/c24-14-7-9-17(19(25)11-14)20(27)12-31-23(30)13-6-8-16-18(10-13)22(29)26(21(16)28)15-4-2-1-3-5-15/h1-11H,12H2. The molecule has 6 nitrogen and oxygen atoms in total. The van der Waals surface area contributed by atoms with Gasteiger partial charge in [0.1, 0.15) is 0 Å². The van der Waals surface area contributed by atoms with E-state index in [9.17, 15) is 19.2 Å². The number of halogens is 2. The van der Waals surface area contributed by atoms with Crippen molar-refractivity contribution in [3.05, 3.63) is 99.0 Å². The number of rotatable bonds is 5. The average molecular weight is 454 g/mol. The van der Waals surface area contributed by atoms with Gasteiger partial charge in [-0.25, -0.2) is 9.69 Å². The molecule has 0 aromatic heterocycles. The number of para-hydroxylation sites is 1. The normalized spacial score (nSPS) is 12.6. The Hall–Kier alpha value is -3.48. The maximum absolute atomic E-state index is 12.8. The van der Waals surface area contributed by atoms with Crippen LogP contribution in [0.3, 0.4) is 0 Å². The van der Waals surface area contributed by atoms with E-state index < -0.39 is 30.2 Å². The Balaban J connectivity index is 1.50. The van der Waals surface area contributed by atoms with Gasteiger partial charge in [0.25, 0.3) is 11.8 Å². The summed E-state index contributed by atoms with van der Waals surface area (Å²) in [6, 6.07) is 16.9. The number of carbonyl (C=O) groups is 4. The number of ketones is 1. The van der Waals surface area contributed by atoms with Crippen molar-refractivity contribution >= 4 is 52.5 Å². The molecule has 0 aliphatic carbocycles. The highest BCUT2D eigenvalue weighted by Crippen LogP contribution is 2.29. The van der Waals surface area contributed by atoms with Gasteiger partial charge in [-0.1, -0.05) is 41.4 Å². The first kappa shape index (κ1) is 20.8. The zero-order valence-corrected chi connectivity index (χ0v) is 17.3. The predicted molar refractivity (Wildman–Crippen MR) is 115 cm³/mol. The van der Waals surface area contributed by atoms with Crippen molar-refractivity contribution in [2.75, 3.05) is 11.5 Å². The molecule has 0 N–H and O–H groups in total. The number of esters is 1. The molecule has 1 aliphatic heterocycles. The molecule has 31 heavy (non-hydrogen) atoms. The number of ether oxygens (including phenoxy) is 1. The van der Waals surface area contributed by atoms with Gasteiger partial charge in [-0.3, -0.25) is 14.4 Å². The lowest BCUT2D eigenvalue weighted by Gasteiger charge is -2.13. The van der Waals surface area contributed by atoms with Gasteiger partial charge in [0.2, 0.25) is 5.78 Å². The lowest BCUT2D eigenvalue weighted by molar-refractivity contribution is 0.0474. The van der Waals surface area contributed by atoms with Gasteiger partial charge in [0.05, 0.1) is 27.4 Å². The van der Waals surface area contributed by atoms with E-state index in [2.05, 4.69) is 0 Å². The van der Waals surface area contributed by atoms with Crippen LogP contribution >= 0.6 is 23.2 Å². The van der Waals surface area contributed by atoms with Gasteiger partial charge in [0, 0.05) is 10.6 Å². The van der Waals surface area contributed by atoms with Crippen LogP contribution < -0.4 is 4.90 Å². The molecule has 0 saturated carbocycles. The first-order valence-corrected chi connectivity index (χ1v) is 9.85. The van der Waals surface area contributed by atoms with Crippen LogP contribution in [-0.4, -0.2) is 30.2 Å². The lowest BCUT2D eigenvalue weighted by Crippen LogP contribution is -2.29. The minimum atomic E-state index is -0.806. The highest BCUT2D eigenvalue weighted by molar-refractivity contribution is 6.37. The summed E-state index contributed by atoms with van der Waals surface area (Å²) in [7, 11) is 0. The first-order valence-electron chi connectivity index (χ1n) is 9.10.